The molecule has 2 rings (SSSR count). The molecule has 0 aliphatic carbocycles. The van der Waals surface area contributed by atoms with Crippen molar-refractivity contribution >= 4 is 13.7 Å². The lowest BCUT2D eigenvalue weighted by Gasteiger charge is -2.23. The average molecular weight is 553 g/mol. The van der Waals surface area contributed by atoms with Crippen molar-refractivity contribution in [2.75, 3.05) is 19.8 Å². The molecule has 6 N–H and O–H groups in total. The summed E-state index contributed by atoms with van der Waals surface area (Å²) in [6.07, 6.45) is 10.7. The second-order valence-electron chi connectivity index (χ2n) is 9.28. The molecule has 0 spiro atoms. The highest BCUT2D eigenvalue weighted by Crippen LogP contribution is 2.35. The van der Waals surface area contributed by atoms with Gasteiger partial charge in [0.1, 0.15) is 11.5 Å². The number of aromatic hydroxyl groups is 1. The summed E-state index contributed by atoms with van der Waals surface area (Å²) in [6.45, 7) is 2.90. The van der Waals surface area contributed by atoms with Crippen LogP contribution >= 0.6 is 7.82 Å². The van der Waals surface area contributed by atoms with Gasteiger partial charge in [0.25, 0.3) is 0 Å². The van der Waals surface area contributed by atoms with E-state index in [4.69, 9.17) is 14.5 Å². The van der Waals surface area contributed by atoms with E-state index in [-0.39, 0.29) is 43.9 Å². The Morgan fingerprint density at radius 2 is 1.55 bits per heavy atom. The van der Waals surface area contributed by atoms with Crippen LogP contribution in [0.25, 0.3) is 0 Å². The van der Waals surface area contributed by atoms with Gasteiger partial charge in [0.15, 0.2) is 0 Å². The second-order valence-corrected chi connectivity index (χ2v) is 10.5. The van der Waals surface area contributed by atoms with Crippen molar-refractivity contribution in [3.05, 3.63) is 59.7 Å². The highest BCUT2D eigenvalue weighted by Gasteiger charge is 2.18. The Morgan fingerprint density at radius 1 is 0.895 bits per heavy atom. The first-order chi connectivity index (χ1) is 17.8. The van der Waals surface area contributed by atoms with Gasteiger partial charge in [-0.3, -0.25) is 9.32 Å². The van der Waals surface area contributed by atoms with Gasteiger partial charge in [-0.2, -0.15) is 0 Å². The Labute approximate surface area is 227 Å². The minimum absolute atomic E-state index is 0. The molecule has 2 aromatic rings. The standard InChI is InChI=1S/C28H42NO7P.H3N/c1-2-3-4-5-6-7-8-9-20-35-27-12-10-11-24(22-27)15-18-28(31)29(19-21-36-37(32,33)34)23-25-13-16-26(30)17-14-25;/h10-14,16-17,22,30H,2-9,15,18-21,23H2,1H3,(H2,32,33,34);1H3. The van der Waals surface area contributed by atoms with Gasteiger partial charge in [-0.1, -0.05) is 76.1 Å². The van der Waals surface area contributed by atoms with Crippen LogP contribution in [0.5, 0.6) is 11.5 Å². The number of phenolic OH excluding ortho intramolecular Hbond substituents is 1. The van der Waals surface area contributed by atoms with E-state index in [1.54, 1.807) is 12.1 Å². The maximum absolute atomic E-state index is 13.0. The third kappa shape index (κ3) is 15.1. The summed E-state index contributed by atoms with van der Waals surface area (Å²) in [5.41, 5.74) is 1.77. The van der Waals surface area contributed by atoms with Crippen molar-refractivity contribution in [1.82, 2.24) is 11.1 Å². The van der Waals surface area contributed by atoms with Crippen molar-refractivity contribution in [1.29, 1.82) is 0 Å². The largest absolute Gasteiger partial charge is 0.508 e. The van der Waals surface area contributed by atoms with Crippen molar-refractivity contribution in [2.45, 2.75) is 77.7 Å². The van der Waals surface area contributed by atoms with Crippen molar-refractivity contribution in [3.63, 3.8) is 0 Å². The molecule has 38 heavy (non-hydrogen) atoms. The van der Waals surface area contributed by atoms with Crippen molar-refractivity contribution < 1.29 is 33.5 Å². The number of carbonyl (C=O) groups excluding carboxylic acids is 1. The van der Waals surface area contributed by atoms with E-state index < -0.39 is 7.82 Å². The van der Waals surface area contributed by atoms with Gasteiger partial charge in [-0.25, -0.2) is 4.57 Å². The Hall–Kier alpha value is -2.42. The molecular weight excluding hydrogens is 507 g/mol. The fourth-order valence-electron chi connectivity index (χ4n) is 4.01. The summed E-state index contributed by atoms with van der Waals surface area (Å²) in [4.78, 5) is 32.4. The molecule has 2 aromatic carbocycles. The molecule has 0 saturated heterocycles. The molecule has 0 radical (unpaired) electrons. The SMILES string of the molecule is CCCCCCCCCCOc1cccc(CCC(=O)N(CCOP(=O)(O)O)Cc2ccc(O)cc2)c1.N. The maximum atomic E-state index is 13.0. The van der Waals surface area contributed by atoms with Gasteiger partial charge in [0.05, 0.1) is 13.2 Å². The number of amides is 1. The zero-order valence-corrected chi connectivity index (χ0v) is 23.5. The zero-order valence-electron chi connectivity index (χ0n) is 22.6. The second kappa shape index (κ2) is 18.8. The molecule has 0 aliphatic heterocycles. The number of aryl methyl sites for hydroxylation is 1. The zero-order chi connectivity index (χ0) is 26.9. The molecule has 0 bridgehead atoms. The molecule has 0 aromatic heterocycles. The molecule has 0 atom stereocenters. The minimum atomic E-state index is -4.62. The lowest BCUT2D eigenvalue weighted by Crippen LogP contribution is -2.33. The summed E-state index contributed by atoms with van der Waals surface area (Å²) in [7, 11) is -4.62. The number of phosphoric acid groups is 1. The lowest BCUT2D eigenvalue weighted by molar-refractivity contribution is -0.132. The van der Waals surface area contributed by atoms with Crippen LogP contribution in [-0.2, 0) is 26.8 Å². The van der Waals surface area contributed by atoms with Gasteiger partial charge >= 0.3 is 7.82 Å². The van der Waals surface area contributed by atoms with Crippen LogP contribution in [0.3, 0.4) is 0 Å². The summed E-state index contributed by atoms with van der Waals surface area (Å²) in [6, 6.07) is 14.2. The summed E-state index contributed by atoms with van der Waals surface area (Å²) in [5.74, 6) is 0.757. The highest BCUT2D eigenvalue weighted by molar-refractivity contribution is 7.46. The fourth-order valence-corrected chi connectivity index (χ4v) is 4.33. The van der Waals surface area contributed by atoms with E-state index in [0.29, 0.717) is 13.0 Å². The smallest absolute Gasteiger partial charge is 0.469 e. The third-order valence-electron chi connectivity index (χ3n) is 6.08. The topological polar surface area (TPSA) is 152 Å². The van der Waals surface area contributed by atoms with Gasteiger partial charge in [-0.05, 0) is 48.2 Å². The fraction of sp³-hybridized carbons (Fsp3) is 0.536. The van der Waals surface area contributed by atoms with Gasteiger partial charge in [0, 0.05) is 19.5 Å². The predicted molar refractivity (Wildman–Crippen MR) is 149 cm³/mol. The van der Waals surface area contributed by atoms with Crippen molar-refractivity contribution in [2.24, 2.45) is 0 Å². The van der Waals surface area contributed by atoms with Crippen LogP contribution in [0, 0.1) is 0 Å². The molecule has 214 valence electrons. The number of unbranched alkanes of at least 4 members (excludes halogenated alkanes) is 7. The van der Waals surface area contributed by atoms with E-state index in [2.05, 4.69) is 11.4 Å². The maximum Gasteiger partial charge on any atom is 0.469 e. The number of hydrogen-bond donors (Lipinski definition) is 4. The van der Waals surface area contributed by atoms with Crippen LogP contribution in [0.4, 0.5) is 0 Å². The van der Waals surface area contributed by atoms with Crippen molar-refractivity contribution in [3.8, 4) is 11.5 Å². The van der Waals surface area contributed by atoms with E-state index in [9.17, 15) is 14.5 Å². The van der Waals surface area contributed by atoms with Crippen LogP contribution in [0.1, 0.15) is 75.8 Å². The first-order valence-corrected chi connectivity index (χ1v) is 14.8. The number of phosphoric ester groups is 1. The molecule has 0 fully saturated rings. The molecular formula is C28H45N2O7P. The molecule has 0 aliphatic rings. The number of ether oxygens (including phenoxy) is 1. The van der Waals surface area contributed by atoms with Crippen LogP contribution in [-0.4, -0.2) is 45.5 Å². The number of carbonyl (C=O) groups is 1. The minimum Gasteiger partial charge on any atom is -0.508 e. The van der Waals surface area contributed by atoms with Crippen LogP contribution in [0.2, 0.25) is 0 Å². The Kier molecular flexibility index (Phi) is 16.6. The summed E-state index contributed by atoms with van der Waals surface area (Å²) < 4.78 is 21.5. The Bertz CT molecular complexity index is 966. The van der Waals surface area contributed by atoms with Gasteiger partial charge in [-0.15, -0.1) is 0 Å². The number of hydrogen-bond acceptors (Lipinski definition) is 6. The summed E-state index contributed by atoms with van der Waals surface area (Å²) in [5, 5.41) is 9.49. The molecule has 0 saturated carbocycles. The summed E-state index contributed by atoms with van der Waals surface area (Å²) >= 11 is 0. The van der Waals surface area contributed by atoms with E-state index >= 15 is 0 Å². The molecule has 9 nitrogen and oxygen atoms in total. The molecule has 10 heteroatoms. The van der Waals surface area contributed by atoms with Crippen LogP contribution < -0.4 is 10.9 Å². The highest BCUT2D eigenvalue weighted by atomic mass is 31.2. The number of nitrogens with zero attached hydrogens (tertiary/aromatic N) is 1. The Balaban J connectivity index is 0.00000722. The van der Waals surface area contributed by atoms with E-state index in [1.807, 2.05) is 24.3 Å². The monoisotopic (exact) mass is 552 g/mol. The normalized spacial score (nSPS) is 11.1. The van der Waals surface area contributed by atoms with E-state index in [0.717, 1.165) is 23.3 Å². The predicted octanol–water partition coefficient (Wildman–Crippen LogP) is 6.14. The van der Waals surface area contributed by atoms with Gasteiger partial charge < -0.3 is 30.7 Å². The lowest BCUT2D eigenvalue weighted by atomic mass is 10.1. The number of phenols is 1. The number of benzene rings is 2. The van der Waals surface area contributed by atoms with E-state index in [1.165, 1.54) is 62.0 Å². The Morgan fingerprint density at radius 3 is 2.21 bits per heavy atom. The van der Waals surface area contributed by atoms with Crippen LogP contribution in [0.15, 0.2) is 48.5 Å². The van der Waals surface area contributed by atoms with Gasteiger partial charge in [0.2, 0.25) is 5.91 Å². The third-order valence-corrected chi connectivity index (χ3v) is 6.59. The number of rotatable bonds is 19. The first kappa shape index (κ1) is 33.6. The molecule has 1 amide bonds. The molecule has 0 unspecified atom stereocenters. The quantitative estimate of drug-likeness (QED) is 0.120. The first-order valence-electron chi connectivity index (χ1n) is 13.2. The average Bonchev–Trinajstić information content (AvgIpc) is 2.86. The molecule has 0 heterocycles.